The van der Waals surface area contributed by atoms with Gasteiger partial charge in [-0.15, -0.1) is 0 Å². The number of hydrogen-bond acceptors (Lipinski definition) is 8. The highest BCUT2D eigenvalue weighted by Gasteiger charge is 2.34. The number of aliphatic hydroxyl groups excluding tert-OH is 1. The molecule has 5 N–H and O–H groups in total. The van der Waals surface area contributed by atoms with Crippen LogP contribution in [0.15, 0.2) is 30.6 Å². The van der Waals surface area contributed by atoms with Gasteiger partial charge in [-0.2, -0.15) is 8.42 Å². The Kier molecular flexibility index (Phi) is 6.12. The molecule has 30 heavy (non-hydrogen) atoms. The molecule has 0 unspecified atom stereocenters. The number of nitrogens with two attached hydrogens (primary N) is 1. The van der Waals surface area contributed by atoms with Gasteiger partial charge in [0.25, 0.3) is 0 Å². The van der Waals surface area contributed by atoms with Crippen molar-refractivity contribution in [2.45, 2.75) is 43.9 Å². The third kappa shape index (κ3) is 5.19. The lowest BCUT2D eigenvalue weighted by atomic mass is 10.1. The van der Waals surface area contributed by atoms with Crippen LogP contribution in [0.25, 0.3) is 0 Å². The molecule has 1 heterocycles. The molecule has 0 saturated heterocycles. The zero-order valence-electron chi connectivity index (χ0n) is 16.2. The lowest BCUT2D eigenvalue weighted by Gasteiger charge is -2.17. The fourth-order valence-corrected chi connectivity index (χ4v) is 4.78. The number of rotatable bonds is 7. The number of benzene rings is 1. The third-order valence-corrected chi connectivity index (χ3v) is 6.33. The number of halogens is 1. The smallest absolute Gasteiger partial charge is 0.333 e. The Bertz CT molecular complexity index is 1020. The summed E-state index contributed by atoms with van der Waals surface area (Å²) in [7, 11) is -4.02. The summed E-state index contributed by atoms with van der Waals surface area (Å²) in [4.78, 5) is 8.58. The third-order valence-electron chi connectivity index (χ3n) is 5.63. The minimum absolute atomic E-state index is 0.0637. The van der Waals surface area contributed by atoms with Crippen LogP contribution in [0.4, 0.5) is 11.6 Å². The summed E-state index contributed by atoms with van der Waals surface area (Å²) in [6.07, 6.45) is 3.73. The molecule has 11 heteroatoms. The largest absolute Gasteiger partial charge is 0.393 e. The van der Waals surface area contributed by atoms with Crippen LogP contribution < -0.4 is 15.8 Å². The van der Waals surface area contributed by atoms with E-state index >= 15 is 0 Å². The van der Waals surface area contributed by atoms with Crippen LogP contribution in [-0.2, 0) is 20.9 Å². The van der Waals surface area contributed by atoms with Crippen molar-refractivity contribution in [3.05, 3.63) is 46.7 Å². The molecular weight excluding hydrogens is 430 g/mol. The van der Waals surface area contributed by atoms with E-state index in [2.05, 4.69) is 24.8 Å². The maximum Gasteiger partial charge on any atom is 0.333 e. The summed E-state index contributed by atoms with van der Waals surface area (Å²) in [6.45, 7) is -0.139. The Balaban J connectivity index is 1.37. The van der Waals surface area contributed by atoms with Crippen molar-refractivity contribution >= 4 is 33.5 Å². The second kappa shape index (κ2) is 8.64. The van der Waals surface area contributed by atoms with Crippen LogP contribution in [0.1, 0.15) is 36.4 Å². The minimum Gasteiger partial charge on any atom is -0.393 e. The van der Waals surface area contributed by atoms with E-state index in [1.807, 2.05) is 24.3 Å². The molecule has 2 aromatic rings. The number of aryl methyl sites for hydroxylation is 1. The highest BCUT2D eigenvalue weighted by atomic mass is 35.5. The molecule has 2 aliphatic rings. The maximum absolute atomic E-state index is 11.0. The van der Waals surface area contributed by atoms with Gasteiger partial charge in [-0.25, -0.2) is 15.1 Å². The number of fused-ring (bicyclic) bond motifs is 1. The number of hydrogen-bond donors (Lipinski definition) is 4. The molecule has 1 aromatic heterocycles. The van der Waals surface area contributed by atoms with E-state index < -0.39 is 16.4 Å². The molecule has 162 valence electrons. The van der Waals surface area contributed by atoms with Gasteiger partial charge in [-0.05, 0) is 48.9 Å². The van der Waals surface area contributed by atoms with Gasteiger partial charge in [0.2, 0.25) is 0 Å². The summed E-state index contributed by atoms with van der Waals surface area (Å²) in [5.74, 6) is 1.02. The van der Waals surface area contributed by atoms with E-state index in [9.17, 15) is 13.5 Å². The van der Waals surface area contributed by atoms with E-state index in [0.717, 1.165) is 17.9 Å². The van der Waals surface area contributed by atoms with Crippen LogP contribution in [0, 0.1) is 5.92 Å². The molecule has 0 amide bonds. The SMILES string of the molecule is NS(=O)(=O)OC[C@H]1C[C@@H](Nc2cc(N[C@H]3CCc4cc(Cl)ccc43)ncn2)C[C@@H]1O. The molecule has 1 fully saturated rings. The highest BCUT2D eigenvalue weighted by molar-refractivity contribution is 7.84. The van der Waals surface area contributed by atoms with Crippen molar-refractivity contribution < 1.29 is 17.7 Å². The number of nitrogens with zero attached hydrogens (tertiary/aromatic N) is 2. The van der Waals surface area contributed by atoms with Crippen molar-refractivity contribution in [3.8, 4) is 0 Å². The van der Waals surface area contributed by atoms with Crippen molar-refractivity contribution in [3.63, 3.8) is 0 Å². The van der Waals surface area contributed by atoms with Crippen LogP contribution in [0.2, 0.25) is 5.02 Å². The highest BCUT2D eigenvalue weighted by Crippen LogP contribution is 2.35. The van der Waals surface area contributed by atoms with Crippen molar-refractivity contribution in [1.82, 2.24) is 9.97 Å². The van der Waals surface area contributed by atoms with Gasteiger partial charge in [0, 0.05) is 23.0 Å². The molecule has 4 atom stereocenters. The van der Waals surface area contributed by atoms with Gasteiger partial charge in [-0.3, -0.25) is 4.18 Å². The van der Waals surface area contributed by atoms with E-state index in [4.69, 9.17) is 16.7 Å². The van der Waals surface area contributed by atoms with Crippen LogP contribution in [0.5, 0.6) is 0 Å². The minimum atomic E-state index is -4.02. The Labute approximate surface area is 180 Å². The van der Waals surface area contributed by atoms with Crippen molar-refractivity contribution in [2.75, 3.05) is 17.2 Å². The monoisotopic (exact) mass is 453 g/mol. The van der Waals surface area contributed by atoms with Crippen molar-refractivity contribution in [1.29, 1.82) is 0 Å². The van der Waals surface area contributed by atoms with Gasteiger partial charge < -0.3 is 15.7 Å². The lowest BCUT2D eigenvalue weighted by Crippen LogP contribution is -2.24. The standard InChI is InChI=1S/C19H24ClN5O4S/c20-13-2-3-15-11(5-13)1-4-16(15)25-19-8-18(22-10-23-19)24-14-6-12(17(26)7-14)9-29-30(21,27)28/h2-3,5,8,10,12,14,16-17,26H,1,4,6-7,9H2,(H2,21,27,28)(H2,22,23,24,25)/t12-,14-,16+,17+/m1/s1. The van der Waals surface area contributed by atoms with E-state index in [0.29, 0.717) is 24.5 Å². The van der Waals surface area contributed by atoms with Gasteiger partial charge in [0.1, 0.15) is 18.0 Å². The Morgan fingerprint density at radius 1 is 1.20 bits per heavy atom. The second-order valence-electron chi connectivity index (χ2n) is 7.78. The fourth-order valence-electron chi connectivity index (χ4n) is 4.22. The average molecular weight is 454 g/mol. The van der Waals surface area contributed by atoms with E-state index in [1.165, 1.54) is 17.5 Å². The van der Waals surface area contributed by atoms with Crippen molar-refractivity contribution in [2.24, 2.45) is 11.1 Å². The molecule has 0 radical (unpaired) electrons. The molecular formula is C19H24ClN5O4S. The number of nitrogens with one attached hydrogen (secondary N) is 2. The Hall–Kier alpha value is -1.98. The summed E-state index contributed by atoms with van der Waals surface area (Å²) < 4.78 is 26.6. The molecule has 9 nitrogen and oxygen atoms in total. The first-order chi connectivity index (χ1) is 14.3. The molecule has 1 aromatic carbocycles. The number of aromatic nitrogens is 2. The molecule has 1 saturated carbocycles. The zero-order valence-corrected chi connectivity index (χ0v) is 17.7. The molecule has 0 bridgehead atoms. The van der Waals surface area contributed by atoms with Crippen LogP contribution >= 0.6 is 11.6 Å². The maximum atomic E-state index is 11.0. The van der Waals surface area contributed by atoms with E-state index in [1.54, 1.807) is 0 Å². The summed E-state index contributed by atoms with van der Waals surface area (Å²) in [5, 5.41) is 22.5. The second-order valence-corrected chi connectivity index (χ2v) is 9.44. The molecule has 2 aliphatic carbocycles. The zero-order chi connectivity index (χ0) is 21.3. The van der Waals surface area contributed by atoms with Crippen LogP contribution in [-0.4, -0.2) is 42.2 Å². The lowest BCUT2D eigenvalue weighted by molar-refractivity contribution is 0.101. The van der Waals surface area contributed by atoms with Gasteiger partial charge in [0.05, 0.1) is 18.8 Å². The Morgan fingerprint density at radius 3 is 2.73 bits per heavy atom. The van der Waals surface area contributed by atoms with Gasteiger partial charge in [-0.1, -0.05) is 17.7 Å². The molecule has 0 spiro atoms. The number of anilines is 2. The molecule has 0 aliphatic heterocycles. The predicted octanol–water partition coefficient (Wildman–Crippen LogP) is 2.00. The van der Waals surface area contributed by atoms with Crippen LogP contribution in [0.3, 0.4) is 0 Å². The summed E-state index contributed by atoms with van der Waals surface area (Å²) >= 11 is 6.08. The molecule has 4 rings (SSSR count). The summed E-state index contributed by atoms with van der Waals surface area (Å²) in [6, 6.07) is 7.88. The topological polar surface area (TPSA) is 139 Å². The first-order valence-electron chi connectivity index (χ1n) is 9.75. The predicted molar refractivity (Wildman–Crippen MR) is 113 cm³/mol. The first-order valence-corrected chi connectivity index (χ1v) is 11.6. The van der Waals surface area contributed by atoms with Gasteiger partial charge in [0.15, 0.2) is 0 Å². The summed E-state index contributed by atoms with van der Waals surface area (Å²) in [5.41, 5.74) is 2.48. The van der Waals surface area contributed by atoms with E-state index in [-0.39, 0.29) is 24.6 Å². The first kappa shape index (κ1) is 21.3. The quantitative estimate of drug-likeness (QED) is 0.499. The number of aliphatic hydroxyl groups is 1. The Morgan fingerprint density at radius 2 is 1.97 bits per heavy atom. The normalized spacial score (nSPS) is 25.8. The average Bonchev–Trinajstić information content (AvgIpc) is 3.22. The fraction of sp³-hybridized carbons (Fsp3) is 0.474. The van der Waals surface area contributed by atoms with Gasteiger partial charge >= 0.3 is 10.3 Å².